The molecule has 0 atom stereocenters. The first kappa shape index (κ1) is 25.5. The molecule has 188 valence electrons. The standard InChI is InChI=1S/C25H24F3N5O2S/c1-15-11-16(2)30-21(12-15)31-20-13-17(9-10-29-20)14-32-23(35)33(22(34)24(32,3)4)18-5-7-19(8-6-18)36-25(26,27)28/h5-13H,14H2,1-4H3,(H,29,30,31). The summed E-state index contributed by atoms with van der Waals surface area (Å²) < 4.78 is 37.9. The van der Waals surface area contributed by atoms with Crippen LogP contribution in [0.4, 0.5) is 35.3 Å². The van der Waals surface area contributed by atoms with Gasteiger partial charge in [0.2, 0.25) is 0 Å². The Kier molecular flexibility index (Phi) is 6.70. The van der Waals surface area contributed by atoms with Gasteiger partial charge in [-0.3, -0.25) is 4.79 Å². The van der Waals surface area contributed by atoms with Crippen LogP contribution in [0.25, 0.3) is 0 Å². The number of halogens is 3. The SMILES string of the molecule is Cc1cc(C)nc(Nc2cc(CN3C(=O)N(c4ccc(SC(F)(F)F)cc4)C(=O)C3(C)C)ccn2)c1. The van der Waals surface area contributed by atoms with E-state index in [0.717, 1.165) is 21.7 Å². The number of anilines is 3. The number of hydrogen-bond donors (Lipinski definition) is 1. The molecule has 2 aromatic heterocycles. The fraction of sp³-hybridized carbons (Fsp3) is 0.280. The maximum Gasteiger partial charge on any atom is 0.446 e. The highest BCUT2D eigenvalue weighted by atomic mass is 32.2. The molecule has 4 rings (SSSR count). The minimum Gasteiger partial charge on any atom is -0.325 e. The van der Waals surface area contributed by atoms with E-state index in [2.05, 4.69) is 15.3 Å². The molecule has 0 radical (unpaired) electrons. The largest absolute Gasteiger partial charge is 0.446 e. The molecule has 0 bridgehead atoms. The lowest BCUT2D eigenvalue weighted by Gasteiger charge is -2.27. The molecular formula is C25H24F3N5O2S. The van der Waals surface area contributed by atoms with E-state index in [-0.39, 0.29) is 28.9 Å². The topological polar surface area (TPSA) is 78.4 Å². The van der Waals surface area contributed by atoms with Gasteiger partial charge < -0.3 is 10.2 Å². The van der Waals surface area contributed by atoms with Gasteiger partial charge >= 0.3 is 11.5 Å². The van der Waals surface area contributed by atoms with Crippen LogP contribution >= 0.6 is 11.8 Å². The fourth-order valence-corrected chi connectivity index (χ4v) is 4.53. The molecule has 3 aromatic rings. The summed E-state index contributed by atoms with van der Waals surface area (Å²) in [5.41, 5.74) is -2.72. The van der Waals surface area contributed by atoms with E-state index in [1.54, 1.807) is 32.2 Å². The van der Waals surface area contributed by atoms with E-state index in [4.69, 9.17) is 0 Å². The molecule has 3 amide bonds. The summed E-state index contributed by atoms with van der Waals surface area (Å²) in [5.74, 6) is 0.717. The highest BCUT2D eigenvalue weighted by molar-refractivity contribution is 8.00. The Morgan fingerprint density at radius 1 is 1.00 bits per heavy atom. The third-order valence-electron chi connectivity index (χ3n) is 5.67. The van der Waals surface area contributed by atoms with E-state index in [0.29, 0.717) is 11.6 Å². The quantitative estimate of drug-likeness (QED) is 0.311. The zero-order chi connectivity index (χ0) is 26.3. The number of imide groups is 1. The smallest absolute Gasteiger partial charge is 0.325 e. The molecule has 3 heterocycles. The molecule has 1 N–H and O–H groups in total. The summed E-state index contributed by atoms with van der Waals surface area (Å²) in [6.45, 7) is 7.28. The van der Waals surface area contributed by atoms with Crippen molar-refractivity contribution in [3.8, 4) is 0 Å². The Hall–Kier alpha value is -3.60. The number of pyridine rings is 2. The van der Waals surface area contributed by atoms with Crippen molar-refractivity contribution in [3.63, 3.8) is 0 Å². The minimum atomic E-state index is -4.42. The summed E-state index contributed by atoms with van der Waals surface area (Å²) in [5, 5.41) is 3.16. The second-order valence-corrected chi connectivity index (χ2v) is 10.1. The molecule has 0 saturated carbocycles. The van der Waals surface area contributed by atoms with Crippen molar-refractivity contribution >= 4 is 41.0 Å². The molecule has 1 aliphatic rings. The molecule has 1 saturated heterocycles. The van der Waals surface area contributed by atoms with Crippen LogP contribution in [0.2, 0.25) is 0 Å². The lowest BCUT2D eigenvalue weighted by atomic mass is 10.0. The van der Waals surface area contributed by atoms with Gasteiger partial charge in [-0.15, -0.1) is 0 Å². The number of aromatic nitrogens is 2. The fourth-order valence-electron chi connectivity index (χ4n) is 3.99. The first-order valence-corrected chi connectivity index (χ1v) is 11.8. The van der Waals surface area contributed by atoms with Crippen LogP contribution in [0.3, 0.4) is 0 Å². The number of urea groups is 1. The maximum atomic E-state index is 13.3. The van der Waals surface area contributed by atoms with Crippen LogP contribution in [0.5, 0.6) is 0 Å². The van der Waals surface area contributed by atoms with Crippen LogP contribution in [-0.4, -0.2) is 37.9 Å². The number of rotatable bonds is 6. The average Bonchev–Trinajstić information content (AvgIpc) is 2.92. The lowest BCUT2D eigenvalue weighted by molar-refractivity contribution is -0.123. The van der Waals surface area contributed by atoms with E-state index >= 15 is 0 Å². The predicted octanol–water partition coefficient (Wildman–Crippen LogP) is 6.20. The van der Waals surface area contributed by atoms with Crippen LogP contribution in [0.1, 0.15) is 30.7 Å². The Morgan fingerprint density at radius 3 is 2.33 bits per heavy atom. The Labute approximate surface area is 210 Å². The first-order chi connectivity index (χ1) is 16.8. The van der Waals surface area contributed by atoms with Gasteiger partial charge in [0.25, 0.3) is 5.91 Å². The van der Waals surface area contributed by atoms with E-state index < -0.39 is 23.0 Å². The van der Waals surface area contributed by atoms with Crippen LogP contribution in [0.15, 0.2) is 59.6 Å². The normalized spacial score (nSPS) is 15.5. The number of carbonyl (C=O) groups excluding carboxylic acids is 2. The number of aryl methyl sites for hydroxylation is 2. The second kappa shape index (κ2) is 9.45. The Morgan fingerprint density at radius 2 is 1.69 bits per heavy atom. The molecule has 0 aliphatic carbocycles. The van der Waals surface area contributed by atoms with Gasteiger partial charge in [-0.1, -0.05) is 0 Å². The van der Waals surface area contributed by atoms with Crippen molar-refractivity contribution in [1.29, 1.82) is 0 Å². The van der Waals surface area contributed by atoms with Crippen molar-refractivity contribution in [2.24, 2.45) is 0 Å². The number of alkyl halides is 3. The van der Waals surface area contributed by atoms with Crippen LogP contribution < -0.4 is 10.2 Å². The summed E-state index contributed by atoms with van der Waals surface area (Å²) >= 11 is -0.256. The van der Waals surface area contributed by atoms with Gasteiger partial charge in [0.1, 0.15) is 17.2 Å². The first-order valence-electron chi connectivity index (χ1n) is 11.0. The summed E-state index contributed by atoms with van der Waals surface area (Å²) in [6, 6.07) is 12.0. The van der Waals surface area contributed by atoms with Crippen LogP contribution in [0, 0.1) is 13.8 Å². The Balaban J connectivity index is 1.54. The molecule has 36 heavy (non-hydrogen) atoms. The van der Waals surface area contributed by atoms with Crippen molar-refractivity contribution in [2.45, 2.75) is 50.2 Å². The van der Waals surface area contributed by atoms with Crippen molar-refractivity contribution in [3.05, 3.63) is 71.5 Å². The molecule has 0 unspecified atom stereocenters. The predicted molar refractivity (Wildman–Crippen MR) is 132 cm³/mol. The third-order valence-corrected chi connectivity index (χ3v) is 6.41. The number of nitrogens with one attached hydrogen (secondary N) is 1. The average molecular weight is 516 g/mol. The molecule has 1 fully saturated rings. The lowest BCUT2D eigenvalue weighted by Crippen LogP contribution is -2.43. The zero-order valence-electron chi connectivity index (χ0n) is 20.1. The summed E-state index contributed by atoms with van der Waals surface area (Å²) in [7, 11) is 0. The number of carbonyl (C=O) groups is 2. The van der Waals surface area contributed by atoms with E-state index in [1.807, 2.05) is 26.0 Å². The third kappa shape index (κ3) is 5.46. The summed E-state index contributed by atoms with van der Waals surface area (Å²) in [4.78, 5) is 37.6. The van der Waals surface area contributed by atoms with Crippen molar-refractivity contribution < 1.29 is 22.8 Å². The number of thioether (sulfide) groups is 1. The van der Waals surface area contributed by atoms with Gasteiger partial charge in [-0.2, -0.15) is 13.2 Å². The number of benzene rings is 1. The van der Waals surface area contributed by atoms with Gasteiger partial charge in [0.15, 0.2) is 0 Å². The maximum absolute atomic E-state index is 13.3. The highest BCUT2D eigenvalue weighted by Crippen LogP contribution is 2.39. The van der Waals surface area contributed by atoms with Gasteiger partial charge in [0.05, 0.1) is 5.69 Å². The van der Waals surface area contributed by atoms with Gasteiger partial charge in [0, 0.05) is 23.3 Å². The van der Waals surface area contributed by atoms with Crippen LogP contribution in [-0.2, 0) is 11.3 Å². The number of nitrogens with zero attached hydrogens (tertiary/aromatic N) is 4. The van der Waals surface area contributed by atoms with Gasteiger partial charge in [-0.05, 0) is 99.1 Å². The summed E-state index contributed by atoms with van der Waals surface area (Å²) in [6.07, 6.45) is 1.60. The molecule has 0 spiro atoms. The minimum absolute atomic E-state index is 0.0310. The molecule has 1 aromatic carbocycles. The second-order valence-electron chi connectivity index (χ2n) is 8.96. The molecule has 7 nitrogen and oxygen atoms in total. The number of hydrogen-bond acceptors (Lipinski definition) is 6. The molecule has 1 aliphatic heterocycles. The van der Waals surface area contributed by atoms with Crippen molar-refractivity contribution in [1.82, 2.24) is 14.9 Å². The zero-order valence-corrected chi connectivity index (χ0v) is 20.9. The van der Waals surface area contributed by atoms with Gasteiger partial charge in [-0.25, -0.2) is 19.7 Å². The number of amides is 3. The van der Waals surface area contributed by atoms with E-state index in [1.165, 1.54) is 29.2 Å². The van der Waals surface area contributed by atoms with Crippen molar-refractivity contribution in [2.75, 3.05) is 10.2 Å². The van der Waals surface area contributed by atoms with E-state index in [9.17, 15) is 22.8 Å². The highest BCUT2D eigenvalue weighted by Gasteiger charge is 2.51. The monoisotopic (exact) mass is 515 g/mol. The molecular weight excluding hydrogens is 491 g/mol. The Bertz CT molecular complexity index is 1290. The molecule has 11 heteroatoms.